The van der Waals surface area contributed by atoms with Gasteiger partial charge in [-0.15, -0.1) is 0 Å². The molecular weight excluding hydrogens is 264 g/mol. The van der Waals surface area contributed by atoms with Crippen LogP contribution in [0.25, 0.3) is 0 Å². The quantitative estimate of drug-likeness (QED) is 0.504. The lowest BCUT2D eigenvalue weighted by molar-refractivity contribution is 0.182. The van der Waals surface area contributed by atoms with E-state index < -0.39 is 0 Å². The Kier molecular flexibility index (Phi) is 6.84. The molecule has 1 heterocycles. The Hall–Kier alpha value is -1.40. The number of aryl methyl sites for hydroxylation is 1. The Morgan fingerprint density at radius 1 is 1.10 bits per heavy atom. The lowest BCUT2D eigenvalue weighted by atomic mass is 10.2. The summed E-state index contributed by atoms with van der Waals surface area (Å²) in [5.74, 6) is 7.87. The molecule has 4 N–H and O–H groups in total. The molecule has 6 nitrogen and oxygen atoms in total. The zero-order chi connectivity index (χ0) is 16.0. The van der Waals surface area contributed by atoms with Gasteiger partial charge in [0.2, 0.25) is 0 Å². The summed E-state index contributed by atoms with van der Waals surface area (Å²) < 4.78 is 0. The average molecular weight is 294 g/mol. The third kappa shape index (κ3) is 4.82. The van der Waals surface area contributed by atoms with Crippen LogP contribution in [0.3, 0.4) is 0 Å². The van der Waals surface area contributed by atoms with Gasteiger partial charge in [0.1, 0.15) is 17.5 Å². The number of hydrazine groups is 1. The summed E-state index contributed by atoms with van der Waals surface area (Å²) in [5, 5.41) is 3.41. The normalized spacial score (nSPS) is 11.5. The number of rotatable bonds is 8. The van der Waals surface area contributed by atoms with Crippen molar-refractivity contribution in [3.8, 4) is 0 Å². The average Bonchev–Trinajstić information content (AvgIpc) is 2.44. The van der Waals surface area contributed by atoms with Crippen molar-refractivity contribution >= 4 is 11.6 Å². The predicted octanol–water partition coefficient (Wildman–Crippen LogP) is 2.16. The van der Waals surface area contributed by atoms with E-state index in [-0.39, 0.29) is 0 Å². The third-order valence-corrected chi connectivity index (χ3v) is 3.63. The molecule has 1 aromatic heterocycles. The van der Waals surface area contributed by atoms with Crippen LogP contribution in [0.2, 0.25) is 0 Å². The number of anilines is 2. The topological polar surface area (TPSA) is 79.1 Å². The maximum Gasteiger partial charge on any atom is 0.148 e. The molecule has 21 heavy (non-hydrogen) atoms. The van der Waals surface area contributed by atoms with E-state index in [0.717, 1.165) is 36.7 Å². The van der Waals surface area contributed by atoms with E-state index in [1.54, 1.807) is 0 Å². The SMILES string of the molecule is CCc1nc(NN)c(C)c(NCCN(C(C)C)C(C)C)n1. The summed E-state index contributed by atoms with van der Waals surface area (Å²) in [5.41, 5.74) is 3.60. The molecule has 0 bridgehead atoms. The summed E-state index contributed by atoms with van der Waals surface area (Å²) in [4.78, 5) is 11.4. The predicted molar refractivity (Wildman–Crippen MR) is 89.4 cm³/mol. The van der Waals surface area contributed by atoms with Crippen LogP contribution in [-0.4, -0.2) is 40.0 Å². The van der Waals surface area contributed by atoms with Crippen LogP contribution in [0, 0.1) is 6.92 Å². The Morgan fingerprint density at radius 2 is 1.67 bits per heavy atom. The summed E-state index contributed by atoms with van der Waals surface area (Å²) in [7, 11) is 0. The van der Waals surface area contributed by atoms with Crippen molar-refractivity contribution < 1.29 is 0 Å². The summed E-state index contributed by atoms with van der Waals surface area (Å²) in [6.45, 7) is 14.7. The molecule has 120 valence electrons. The number of hydrogen-bond acceptors (Lipinski definition) is 6. The molecule has 0 aromatic carbocycles. The largest absolute Gasteiger partial charge is 0.368 e. The van der Waals surface area contributed by atoms with E-state index in [4.69, 9.17) is 5.84 Å². The van der Waals surface area contributed by atoms with Gasteiger partial charge < -0.3 is 10.7 Å². The number of aromatic nitrogens is 2. The van der Waals surface area contributed by atoms with E-state index in [2.05, 4.69) is 53.3 Å². The molecular formula is C15H30N6. The van der Waals surface area contributed by atoms with Crippen LogP contribution in [0.5, 0.6) is 0 Å². The second-order valence-electron chi connectivity index (χ2n) is 5.81. The summed E-state index contributed by atoms with van der Waals surface area (Å²) in [6, 6.07) is 1.07. The van der Waals surface area contributed by atoms with Crippen molar-refractivity contribution in [2.24, 2.45) is 5.84 Å². The third-order valence-electron chi connectivity index (χ3n) is 3.63. The van der Waals surface area contributed by atoms with E-state index >= 15 is 0 Å². The van der Waals surface area contributed by atoms with Gasteiger partial charge in [-0.2, -0.15) is 0 Å². The minimum atomic E-state index is 0.533. The van der Waals surface area contributed by atoms with Crippen molar-refractivity contribution in [1.29, 1.82) is 0 Å². The highest BCUT2D eigenvalue weighted by atomic mass is 15.3. The molecule has 1 rings (SSSR count). The Morgan fingerprint density at radius 3 is 2.14 bits per heavy atom. The first kappa shape index (κ1) is 17.7. The molecule has 1 aromatic rings. The number of nitrogens with two attached hydrogens (primary N) is 1. The van der Waals surface area contributed by atoms with Gasteiger partial charge in [-0.1, -0.05) is 6.92 Å². The van der Waals surface area contributed by atoms with Gasteiger partial charge in [0.15, 0.2) is 0 Å². The number of nitrogens with zero attached hydrogens (tertiary/aromatic N) is 3. The van der Waals surface area contributed by atoms with Crippen LogP contribution in [0.1, 0.15) is 46.0 Å². The lowest BCUT2D eigenvalue weighted by Crippen LogP contribution is -2.40. The van der Waals surface area contributed by atoms with Crippen LogP contribution in [0.4, 0.5) is 11.6 Å². The monoisotopic (exact) mass is 294 g/mol. The Balaban J connectivity index is 2.75. The van der Waals surface area contributed by atoms with Crippen molar-refractivity contribution in [3.63, 3.8) is 0 Å². The fourth-order valence-corrected chi connectivity index (χ4v) is 2.45. The molecule has 0 spiro atoms. The van der Waals surface area contributed by atoms with Gasteiger partial charge >= 0.3 is 0 Å². The van der Waals surface area contributed by atoms with Gasteiger partial charge in [-0.05, 0) is 34.6 Å². The maximum absolute atomic E-state index is 5.52. The lowest BCUT2D eigenvalue weighted by Gasteiger charge is -2.30. The fourth-order valence-electron chi connectivity index (χ4n) is 2.45. The van der Waals surface area contributed by atoms with Crippen LogP contribution in [-0.2, 0) is 6.42 Å². The van der Waals surface area contributed by atoms with Crippen molar-refractivity contribution in [1.82, 2.24) is 14.9 Å². The number of nitrogens with one attached hydrogen (secondary N) is 2. The van der Waals surface area contributed by atoms with E-state index in [1.807, 2.05) is 13.8 Å². The van der Waals surface area contributed by atoms with E-state index in [0.29, 0.717) is 17.9 Å². The van der Waals surface area contributed by atoms with Gasteiger partial charge in [0, 0.05) is 37.2 Å². The zero-order valence-electron chi connectivity index (χ0n) is 14.2. The first-order valence-corrected chi connectivity index (χ1v) is 7.74. The fraction of sp³-hybridized carbons (Fsp3) is 0.733. The van der Waals surface area contributed by atoms with E-state index in [1.165, 1.54) is 0 Å². The minimum absolute atomic E-state index is 0.533. The smallest absolute Gasteiger partial charge is 0.148 e. The van der Waals surface area contributed by atoms with Crippen LogP contribution < -0.4 is 16.6 Å². The number of hydrogen-bond donors (Lipinski definition) is 3. The standard InChI is InChI=1S/C15H30N6/c1-7-13-18-14(12(6)15(19-13)20-16)17-8-9-21(10(2)3)11(4)5/h10-11H,7-9,16H2,1-6H3,(H2,17,18,19,20). The molecule has 0 amide bonds. The van der Waals surface area contributed by atoms with Crippen molar-refractivity contribution in [3.05, 3.63) is 11.4 Å². The van der Waals surface area contributed by atoms with Gasteiger partial charge in [0.05, 0.1) is 0 Å². The summed E-state index contributed by atoms with van der Waals surface area (Å²) >= 11 is 0. The molecule has 0 aliphatic heterocycles. The molecule has 0 fully saturated rings. The minimum Gasteiger partial charge on any atom is -0.368 e. The van der Waals surface area contributed by atoms with Crippen molar-refractivity contribution in [2.75, 3.05) is 23.8 Å². The summed E-state index contributed by atoms with van der Waals surface area (Å²) in [6.07, 6.45) is 0.785. The highest BCUT2D eigenvalue weighted by molar-refractivity contribution is 5.56. The van der Waals surface area contributed by atoms with Crippen LogP contribution in [0.15, 0.2) is 0 Å². The first-order chi connectivity index (χ1) is 9.90. The highest BCUT2D eigenvalue weighted by Gasteiger charge is 2.14. The second-order valence-corrected chi connectivity index (χ2v) is 5.81. The molecule has 6 heteroatoms. The second kappa shape index (κ2) is 8.14. The molecule has 0 saturated heterocycles. The molecule has 0 aliphatic rings. The Bertz CT molecular complexity index is 436. The van der Waals surface area contributed by atoms with Gasteiger partial charge in [-0.3, -0.25) is 4.90 Å². The zero-order valence-corrected chi connectivity index (χ0v) is 14.2. The number of nitrogen functional groups attached to an aromatic ring is 1. The highest BCUT2D eigenvalue weighted by Crippen LogP contribution is 2.19. The van der Waals surface area contributed by atoms with Gasteiger partial charge in [-0.25, -0.2) is 15.8 Å². The van der Waals surface area contributed by atoms with Gasteiger partial charge in [0.25, 0.3) is 0 Å². The van der Waals surface area contributed by atoms with E-state index in [9.17, 15) is 0 Å². The first-order valence-electron chi connectivity index (χ1n) is 7.74. The van der Waals surface area contributed by atoms with Crippen LogP contribution >= 0.6 is 0 Å². The molecule has 0 atom stereocenters. The molecule has 0 saturated carbocycles. The molecule has 0 aliphatic carbocycles. The maximum atomic E-state index is 5.52. The molecule has 0 unspecified atom stereocenters. The van der Waals surface area contributed by atoms with Crippen molar-refractivity contribution in [2.45, 2.75) is 60.0 Å². The Labute approximate surface area is 128 Å². The molecule has 0 radical (unpaired) electrons.